The number of carbonyl (C=O) groups excluding carboxylic acids is 1. The molecule has 4 nitrogen and oxygen atoms in total. The number of rotatable bonds is 3. The molecule has 1 amide bonds. The highest BCUT2D eigenvalue weighted by Crippen LogP contribution is 2.19. The molecule has 120 valence electrons. The third-order valence-electron chi connectivity index (χ3n) is 4.11. The third kappa shape index (κ3) is 3.68. The lowest BCUT2D eigenvalue weighted by molar-refractivity contribution is 0.0625. The van der Waals surface area contributed by atoms with E-state index in [1.807, 2.05) is 0 Å². The van der Waals surface area contributed by atoms with Gasteiger partial charge in [0.15, 0.2) is 0 Å². The van der Waals surface area contributed by atoms with Gasteiger partial charge in [0.05, 0.1) is 5.56 Å². The number of benzene rings is 2. The van der Waals surface area contributed by atoms with Gasteiger partial charge in [-0.1, -0.05) is 24.3 Å². The Morgan fingerprint density at radius 3 is 2.30 bits per heavy atom. The molecule has 0 atom stereocenters. The van der Waals surface area contributed by atoms with Crippen LogP contribution in [0.3, 0.4) is 0 Å². The molecule has 2 aromatic rings. The first-order valence-electron chi connectivity index (χ1n) is 7.67. The number of para-hydroxylation sites is 1. The maximum atomic E-state index is 12.9. The lowest BCUT2D eigenvalue weighted by Gasteiger charge is -2.34. The molecule has 0 unspecified atom stereocenters. The zero-order chi connectivity index (χ0) is 16.2. The molecule has 1 N–H and O–H groups in total. The highest BCUT2D eigenvalue weighted by Gasteiger charge is 2.23. The normalized spacial score (nSPS) is 15.6. The highest BCUT2D eigenvalue weighted by molar-refractivity contribution is 5.96. The van der Waals surface area contributed by atoms with Crippen molar-refractivity contribution >= 4 is 5.91 Å². The van der Waals surface area contributed by atoms with Crippen LogP contribution < -0.4 is 0 Å². The molecular formula is C18H19FN2O2. The zero-order valence-electron chi connectivity index (χ0n) is 12.8. The second kappa shape index (κ2) is 6.79. The molecule has 1 aliphatic heterocycles. The highest BCUT2D eigenvalue weighted by atomic mass is 19.1. The van der Waals surface area contributed by atoms with Crippen molar-refractivity contribution in [1.82, 2.24) is 9.80 Å². The second-order valence-electron chi connectivity index (χ2n) is 5.71. The van der Waals surface area contributed by atoms with Gasteiger partial charge in [-0.3, -0.25) is 9.69 Å². The van der Waals surface area contributed by atoms with Crippen LogP contribution in [0.4, 0.5) is 4.39 Å². The van der Waals surface area contributed by atoms with Crippen molar-refractivity contribution in [2.75, 3.05) is 26.2 Å². The van der Waals surface area contributed by atoms with Gasteiger partial charge in [0.25, 0.3) is 5.91 Å². The van der Waals surface area contributed by atoms with Gasteiger partial charge >= 0.3 is 0 Å². The van der Waals surface area contributed by atoms with Gasteiger partial charge in [-0.25, -0.2) is 4.39 Å². The Balaban J connectivity index is 1.57. The molecule has 23 heavy (non-hydrogen) atoms. The standard InChI is InChI=1S/C18H19FN2O2/c19-15-7-5-14(6-8-15)13-20-9-11-21(12-10-20)18(23)16-3-1-2-4-17(16)22/h1-8,22H,9-13H2. The molecule has 0 saturated carbocycles. The Morgan fingerprint density at radius 1 is 1.00 bits per heavy atom. The molecule has 0 aromatic heterocycles. The smallest absolute Gasteiger partial charge is 0.257 e. The summed E-state index contributed by atoms with van der Waals surface area (Å²) in [6.45, 7) is 3.51. The average Bonchev–Trinajstić information content (AvgIpc) is 2.57. The summed E-state index contributed by atoms with van der Waals surface area (Å²) in [5, 5.41) is 9.79. The number of phenols is 1. The third-order valence-corrected chi connectivity index (χ3v) is 4.11. The number of nitrogens with zero attached hydrogens (tertiary/aromatic N) is 2. The van der Waals surface area contributed by atoms with Crippen LogP contribution in [-0.2, 0) is 6.54 Å². The second-order valence-corrected chi connectivity index (χ2v) is 5.71. The predicted molar refractivity (Wildman–Crippen MR) is 85.7 cm³/mol. The molecule has 0 bridgehead atoms. The first-order valence-corrected chi connectivity index (χ1v) is 7.67. The lowest BCUT2D eigenvalue weighted by Crippen LogP contribution is -2.48. The van der Waals surface area contributed by atoms with Gasteiger partial charge < -0.3 is 10.0 Å². The number of hydrogen-bond acceptors (Lipinski definition) is 3. The monoisotopic (exact) mass is 314 g/mol. The summed E-state index contributed by atoms with van der Waals surface area (Å²) in [6, 6.07) is 13.1. The van der Waals surface area contributed by atoms with E-state index in [1.54, 1.807) is 35.2 Å². The van der Waals surface area contributed by atoms with Gasteiger partial charge in [0, 0.05) is 32.7 Å². The van der Waals surface area contributed by atoms with Crippen LogP contribution in [0.5, 0.6) is 5.75 Å². The van der Waals surface area contributed by atoms with Gasteiger partial charge in [-0.05, 0) is 29.8 Å². The average molecular weight is 314 g/mol. The van der Waals surface area contributed by atoms with E-state index in [4.69, 9.17) is 0 Å². The Labute approximate surface area is 134 Å². The number of piperazine rings is 1. The fraction of sp³-hybridized carbons (Fsp3) is 0.278. The number of carbonyl (C=O) groups is 1. The summed E-state index contributed by atoms with van der Waals surface area (Å²) in [5.74, 6) is -0.345. The fourth-order valence-corrected chi connectivity index (χ4v) is 2.78. The Hall–Kier alpha value is -2.40. The first kappa shape index (κ1) is 15.5. The maximum Gasteiger partial charge on any atom is 0.257 e. The molecular weight excluding hydrogens is 295 g/mol. The molecule has 0 aliphatic carbocycles. The zero-order valence-corrected chi connectivity index (χ0v) is 12.8. The van der Waals surface area contributed by atoms with E-state index in [9.17, 15) is 14.3 Å². The fourth-order valence-electron chi connectivity index (χ4n) is 2.78. The SMILES string of the molecule is O=C(c1ccccc1O)N1CCN(Cc2ccc(F)cc2)CC1. The van der Waals surface area contributed by atoms with Gasteiger partial charge in [-0.2, -0.15) is 0 Å². The summed E-state index contributed by atoms with van der Waals surface area (Å²) in [4.78, 5) is 16.4. The van der Waals surface area contributed by atoms with Crippen LogP contribution in [0.15, 0.2) is 48.5 Å². The van der Waals surface area contributed by atoms with Gasteiger partial charge in [-0.15, -0.1) is 0 Å². The lowest BCUT2D eigenvalue weighted by atomic mass is 10.1. The van der Waals surface area contributed by atoms with E-state index in [0.29, 0.717) is 18.7 Å². The van der Waals surface area contributed by atoms with E-state index in [2.05, 4.69) is 4.90 Å². The van der Waals surface area contributed by atoms with E-state index in [1.165, 1.54) is 18.2 Å². The first-order chi connectivity index (χ1) is 11.1. The molecule has 0 radical (unpaired) electrons. The van der Waals surface area contributed by atoms with E-state index in [-0.39, 0.29) is 17.5 Å². The molecule has 5 heteroatoms. The maximum absolute atomic E-state index is 12.9. The summed E-state index contributed by atoms with van der Waals surface area (Å²) in [6.07, 6.45) is 0. The van der Waals surface area contributed by atoms with E-state index in [0.717, 1.165) is 25.2 Å². The van der Waals surface area contributed by atoms with Crippen molar-refractivity contribution in [2.24, 2.45) is 0 Å². The molecule has 3 rings (SSSR count). The molecule has 1 saturated heterocycles. The van der Waals surface area contributed by atoms with Crippen LogP contribution in [0.1, 0.15) is 15.9 Å². The van der Waals surface area contributed by atoms with Crippen molar-refractivity contribution in [1.29, 1.82) is 0 Å². The van der Waals surface area contributed by atoms with Crippen molar-refractivity contribution in [3.8, 4) is 5.75 Å². The summed E-state index contributed by atoms with van der Waals surface area (Å²) >= 11 is 0. The molecule has 2 aromatic carbocycles. The topological polar surface area (TPSA) is 43.8 Å². The molecule has 1 heterocycles. The largest absolute Gasteiger partial charge is 0.507 e. The quantitative estimate of drug-likeness (QED) is 0.946. The minimum Gasteiger partial charge on any atom is -0.507 e. The number of phenolic OH excluding ortho intramolecular Hbond substituents is 1. The minimum absolute atomic E-state index is 0.0197. The Morgan fingerprint density at radius 2 is 1.65 bits per heavy atom. The summed E-state index contributed by atoms with van der Waals surface area (Å²) < 4.78 is 12.9. The van der Waals surface area contributed by atoms with Crippen LogP contribution in [0.2, 0.25) is 0 Å². The van der Waals surface area contributed by atoms with Crippen molar-refractivity contribution < 1.29 is 14.3 Å². The number of aromatic hydroxyl groups is 1. The molecule has 1 fully saturated rings. The Bertz CT molecular complexity index is 680. The van der Waals surface area contributed by atoms with Crippen molar-refractivity contribution in [3.63, 3.8) is 0 Å². The number of amides is 1. The molecule has 0 spiro atoms. The van der Waals surface area contributed by atoms with Crippen LogP contribution in [0.25, 0.3) is 0 Å². The van der Waals surface area contributed by atoms with Crippen molar-refractivity contribution in [2.45, 2.75) is 6.54 Å². The number of halogens is 1. The van der Waals surface area contributed by atoms with Crippen LogP contribution >= 0.6 is 0 Å². The summed E-state index contributed by atoms with van der Waals surface area (Å²) in [5.41, 5.74) is 1.41. The van der Waals surface area contributed by atoms with Crippen LogP contribution in [-0.4, -0.2) is 47.0 Å². The van der Waals surface area contributed by atoms with Gasteiger partial charge in [0.1, 0.15) is 11.6 Å². The van der Waals surface area contributed by atoms with Crippen molar-refractivity contribution in [3.05, 3.63) is 65.5 Å². The van der Waals surface area contributed by atoms with E-state index < -0.39 is 0 Å². The minimum atomic E-state index is -0.230. The molecule has 1 aliphatic rings. The number of hydrogen-bond donors (Lipinski definition) is 1. The van der Waals surface area contributed by atoms with E-state index >= 15 is 0 Å². The summed E-state index contributed by atoms with van der Waals surface area (Å²) in [7, 11) is 0. The van der Waals surface area contributed by atoms with Gasteiger partial charge in [0.2, 0.25) is 0 Å². The van der Waals surface area contributed by atoms with Crippen LogP contribution in [0, 0.1) is 5.82 Å². The Kier molecular flexibility index (Phi) is 4.57. The predicted octanol–water partition coefficient (Wildman–Crippen LogP) is 2.49.